The van der Waals surface area contributed by atoms with Crippen LogP contribution in [0, 0.1) is 6.92 Å². The number of esters is 1. The first-order valence-corrected chi connectivity index (χ1v) is 8.35. The number of nitrogens with zero attached hydrogens (tertiary/aromatic N) is 1. The molecule has 0 amide bonds. The van der Waals surface area contributed by atoms with Crippen LogP contribution in [-0.2, 0) is 14.8 Å². The first kappa shape index (κ1) is 16.8. The maximum absolute atomic E-state index is 12.3. The van der Waals surface area contributed by atoms with Crippen molar-refractivity contribution in [3.8, 4) is 0 Å². The molecule has 0 radical (unpaired) electrons. The van der Waals surface area contributed by atoms with Gasteiger partial charge in [-0.25, -0.2) is 13.2 Å². The van der Waals surface area contributed by atoms with E-state index in [2.05, 4.69) is 9.88 Å². The van der Waals surface area contributed by atoms with E-state index in [0.29, 0.717) is 12.2 Å². The minimum absolute atomic E-state index is 0.0924. The van der Waals surface area contributed by atoms with Crippen molar-refractivity contribution in [2.45, 2.75) is 25.2 Å². The molecule has 0 bridgehead atoms. The second-order valence-electron chi connectivity index (χ2n) is 4.77. The Labute approximate surface area is 133 Å². The van der Waals surface area contributed by atoms with Crippen LogP contribution >= 0.6 is 0 Å². The Hall–Kier alpha value is -2.55. The lowest BCUT2D eigenvalue weighted by Crippen LogP contribution is -2.15. The topological polar surface area (TPSA) is 125 Å². The summed E-state index contributed by atoms with van der Waals surface area (Å²) in [7, 11) is -3.93. The maximum atomic E-state index is 12.3. The van der Waals surface area contributed by atoms with Crippen LogP contribution in [0.1, 0.15) is 29.5 Å². The van der Waals surface area contributed by atoms with Crippen LogP contribution in [0.25, 0.3) is 0 Å². The van der Waals surface area contributed by atoms with Gasteiger partial charge in [0, 0.05) is 5.69 Å². The number of aryl methyl sites for hydroxylation is 1. The molecule has 0 fully saturated rings. The molecule has 0 unspecified atom stereocenters. The molecule has 0 aliphatic carbocycles. The van der Waals surface area contributed by atoms with Gasteiger partial charge in [0.2, 0.25) is 0 Å². The molecule has 1 aromatic carbocycles. The molecule has 124 valence electrons. The van der Waals surface area contributed by atoms with Gasteiger partial charge in [0.25, 0.3) is 10.0 Å². The molecule has 0 atom stereocenters. The van der Waals surface area contributed by atoms with Gasteiger partial charge in [-0.3, -0.25) is 4.72 Å². The van der Waals surface area contributed by atoms with E-state index in [1.54, 1.807) is 0 Å². The predicted molar refractivity (Wildman–Crippen MR) is 83.5 cm³/mol. The van der Waals surface area contributed by atoms with Crippen LogP contribution in [-0.4, -0.2) is 26.2 Å². The number of carbonyl (C=O) groups is 1. The average molecular weight is 339 g/mol. The maximum Gasteiger partial charge on any atom is 0.338 e. The Kier molecular flexibility index (Phi) is 4.89. The van der Waals surface area contributed by atoms with Crippen molar-refractivity contribution in [3.63, 3.8) is 0 Å². The first-order valence-electron chi connectivity index (χ1n) is 6.87. The molecule has 0 spiro atoms. The van der Waals surface area contributed by atoms with E-state index in [4.69, 9.17) is 15.0 Å². The number of anilines is 2. The third kappa shape index (κ3) is 3.81. The minimum Gasteiger partial charge on any atom is -0.462 e. The van der Waals surface area contributed by atoms with Crippen molar-refractivity contribution in [3.05, 3.63) is 35.6 Å². The summed E-state index contributed by atoms with van der Waals surface area (Å²) in [4.78, 5) is 11.5. The summed E-state index contributed by atoms with van der Waals surface area (Å²) in [6.45, 7) is 3.67. The fourth-order valence-corrected chi connectivity index (χ4v) is 3.14. The zero-order valence-electron chi connectivity index (χ0n) is 12.7. The Morgan fingerprint density at radius 3 is 2.52 bits per heavy atom. The van der Waals surface area contributed by atoms with Crippen LogP contribution < -0.4 is 10.5 Å². The van der Waals surface area contributed by atoms with E-state index in [1.807, 2.05) is 6.92 Å². The van der Waals surface area contributed by atoms with Gasteiger partial charge in [0.05, 0.1) is 12.2 Å². The number of sulfonamides is 1. The molecule has 23 heavy (non-hydrogen) atoms. The molecule has 9 heteroatoms. The summed E-state index contributed by atoms with van der Waals surface area (Å²) in [5, 5.41) is 3.41. The Morgan fingerprint density at radius 2 is 2.00 bits per heavy atom. The van der Waals surface area contributed by atoms with Crippen LogP contribution in [0.3, 0.4) is 0 Å². The monoisotopic (exact) mass is 339 g/mol. The zero-order chi connectivity index (χ0) is 17.0. The van der Waals surface area contributed by atoms with Crippen LogP contribution in [0.4, 0.5) is 11.5 Å². The van der Waals surface area contributed by atoms with Crippen molar-refractivity contribution < 1.29 is 22.5 Å². The molecule has 0 saturated heterocycles. The van der Waals surface area contributed by atoms with E-state index < -0.39 is 16.0 Å². The number of benzene rings is 1. The van der Waals surface area contributed by atoms with E-state index >= 15 is 0 Å². The highest BCUT2D eigenvalue weighted by Gasteiger charge is 2.25. The summed E-state index contributed by atoms with van der Waals surface area (Å²) in [6, 6.07) is 5.86. The lowest BCUT2D eigenvalue weighted by atomic mass is 10.2. The summed E-state index contributed by atoms with van der Waals surface area (Å²) in [5.41, 5.74) is 6.12. The van der Waals surface area contributed by atoms with Gasteiger partial charge in [0.15, 0.2) is 16.5 Å². The molecule has 2 aromatic rings. The molecular weight excluding hydrogens is 322 g/mol. The molecular formula is C14H17N3O5S. The number of ether oxygens (including phenoxy) is 1. The van der Waals surface area contributed by atoms with Gasteiger partial charge in [-0.2, -0.15) is 0 Å². The summed E-state index contributed by atoms with van der Waals surface area (Å²) in [6.07, 6.45) is 0.725. The third-order valence-electron chi connectivity index (χ3n) is 2.91. The van der Waals surface area contributed by atoms with Crippen molar-refractivity contribution in [2.75, 3.05) is 17.1 Å². The highest BCUT2D eigenvalue weighted by molar-refractivity contribution is 7.93. The Balaban J connectivity index is 2.16. The summed E-state index contributed by atoms with van der Waals surface area (Å²) >= 11 is 0. The molecule has 1 heterocycles. The summed E-state index contributed by atoms with van der Waals surface area (Å²) < 4.78 is 36.7. The van der Waals surface area contributed by atoms with E-state index in [-0.39, 0.29) is 22.2 Å². The average Bonchev–Trinajstić information content (AvgIpc) is 2.85. The first-order chi connectivity index (χ1) is 10.8. The zero-order valence-corrected chi connectivity index (χ0v) is 13.5. The Bertz CT molecular complexity index is 777. The quantitative estimate of drug-likeness (QED) is 0.770. The van der Waals surface area contributed by atoms with Gasteiger partial charge in [-0.1, -0.05) is 12.1 Å². The fraction of sp³-hybridized carbons (Fsp3) is 0.286. The van der Waals surface area contributed by atoms with Gasteiger partial charge in [-0.15, -0.1) is 0 Å². The van der Waals surface area contributed by atoms with Gasteiger partial charge in [0.1, 0.15) is 0 Å². The van der Waals surface area contributed by atoms with Crippen molar-refractivity contribution in [1.29, 1.82) is 0 Å². The normalized spacial score (nSPS) is 11.2. The lowest BCUT2D eigenvalue weighted by Gasteiger charge is -2.08. The van der Waals surface area contributed by atoms with Crippen LogP contribution in [0.5, 0.6) is 0 Å². The minimum atomic E-state index is -3.93. The smallest absolute Gasteiger partial charge is 0.338 e. The highest BCUT2D eigenvalue weighted by atomic mass is 32.2. The van der Waals surface area contributed by atoms with E-state index in [0.717, 1.165) is 6.42 Å². The van der Waals surface area contributed by atoms with Gasteiger partial charge < -0.3 is 15.0 Å². The molecule has 0 aliphatic rings. The Morgan fingerprint density at radius 1 is 1.35 bits per heavy atom. The second-order valence-corrected chi connectivity index (χ2v) is 6.39. The molecule has 2 rings (SSSR count). The molecule has 0 saturated carbocycles. The number of nitrogen functional groups attached to an aromatic ring is 1. The van der Waals surface area contributed by atoms with E-state index in [1.165, 1.54) is 31.2 Å². The van der Waals surface area contributed by atoms with E-state index in [9.17, 15) is 13.2 Å². The molecule has 0 aliphatic heterocycles. The second kappa shape index (κ2) is 6.69. The van der Waals surface area contributed by atoms with Crippen molar-refractivity contribution in [1.82, 2.24) is 5.16 Å². The van der Waals surface area contributed by atoms with Crippen molar-refractivity contribution >= 4 is 27.5 Å². The SMILES string of the molecule is CCCOC(=O)c1ccc(NS(=O)(=O)c2c(N)noc2C)cc1. The molecule has 3 N–H and O–H groups in total. The third-order valence-corrected chi connectivity index (χ3v) is 4.45. The lowest BCUT2D eigenvalue weighted by molar-refractivity contribution is 0.0505. The highest BCUT2D eigenvalue weighted by Crippen LogP contribution is 2.24. The summed E-state index contributed by atoms with van der Waals surface area (Å²) in [5.74, 6) is -0.579. The molecule has 8 nitrogen and oxygen atoms in total. The van der Waals surface area contributed by atoms with Crippen LogP contribution in [0.15, 0.2) is 33.7 Å². The number of hydrogen-bond donors (Lipinski definition) is 2. The van der Waals surface area contributed by atoms with Gasteiger partial charge in [-0.05, 0) is 37.6 Å². The van der Waals surface area contributed by atoms with Crippen LogP contribution in [0.2, 0.25) is 0 Å². The largest absolute Gasteiger partial charge is 0.462 e. The predicted octanol–water partition coefficient (Wildman–Crippen LogP) is 1.93. The standard InChI is InChI=1S/C14H17N3O5S/c1-3-8-21-14(18)10-4-6-11(7-5-10)17-23(19,20)12-9(2)22-16-13(12)15/h4-7,17H,3,8H2,1-2H3,(H2,15,16). The van der Waals surface area contributed by atoms with Gasteiger partial charge >= 0.3 is 5.97 Å². The number of nitrogens with two attached hydrogens (primary N) is 1. The van der Waals surface area contributed by atoms with Crippen molar-refractivity contribution in [2.24, 2.45) is 0 Å². The number of nitrogens with one attached hydrogen (secondary N) is 1. The molecule has 1 aromatic heterocycles. The number of rotatable bonds is 6. The fourth-order valence-electron chi connectivity index (χ4n) is 1.87. The number of aromatic nitrogens is 1. The number of hydrogen-bond acceptors (Lipinski definition) is 7. The number of carbonyl (C=O) groups excluding carboxylic acids is 1.